The van der Waals surface area contributed by atoms with Gasteiger partial charge in [0.15, 0.2) is 5.76 Å². The number of fused-ring (bicyclic) bond motifs is 3. The Morgan fingerprint density at radius 2 is 2.10 bits per heavy atom. The van der Waals surface area contributed by atoms with Crippen molar-refractivity contribution in [3.8, 4) is 0 Å². The Morgan fingerprint density at radius 1 is 1.24 bits per heavy atom. The summed E-state index contributed by atoms with van der Waals surface area (Å²) >= 11 is 0. The molecule has 7 nitrogen and oxygen atoms in total. The van der Waals surface area contributed by atoms with Gasteiger partial charge < -0.3 is 14.2 Å². The fraction of sp³-hybridized carbons (Fsp3) is 0.591. The lowest BCUT2D eigenvalue weighted by Gasteiger charge is -2.29. The number of furan rings is 1. The highest BCUT2D eigenvalue weighted by atomic mass is 16.3. The van der Waals surface area contributed by atoms with Gasteiger partial charge in [0.2, 0.25) is 0 Å². The highest BCUT2D eigenvalue weighted by molar-refractivity contribution is 5.91. The van der Waals surface area contributed by atoms with E-state index in [1.807, 2.05) is 4.57 Å². The molecule has 1 saturated carbocycles. The second-order valence-corrected chi connectivity index (χ2v) is 9.23. The zero-order chi connectivity index (χ0) is 19.6. The van der Waals surface area contributed by atoms with E-state index >= 15 is 0 Å². The molecular formula is C22H26N4O3. The monoisotopic (exact) mass is 394 g/mol. The van der Waals surface area contributed by atoms with Crippen LogP contribution < -0.4 is 5.56 Å². The second kappa shape index (κ2) is 6.29. The molecule has 29 heavy (non-hydrogen) atoms. The van der Waals surface area contributed by atoms with E-state index in [2.05, 4.69) is 4.90 Å². The maximum atomic E-state index is 13.3. The van der Waals surface area contributed by atoms with Gasteiger partial charge in [0.05, 0.1) is 24.1 Å². The third-order valence-electron chi connectivity index (χ3n) is 7.27. The molecule has 5 heterocycles. The molecule has 2 aromatic rings. The summed E-state index contributed by atoms with van der Waals surface area (Å²) in [5.41, 5.74) is 1.68. The first-order valence-corrected chi connectivity index (χ1v) is 10.8. The summed E-state index contributed by atoms with van der Waals surface area (Å²) < 4.78 is 7.15. The van der Waals surface area contributed by atoms with Gasteiger partial charge in [-0.25, -0.2) is 4.98 Å². The maximum Gasteiger partial charge on any atom is 0.289 e. The van der Waals surface area contributed by atoms with E-state index in [-0.39, 0.29) is 16.9 Å². The van der Waals surface area contributed by atoms with E-state index in [0.717, 1.165) is 49.9 Å². The SMILES string of the molecule is O=C(c1ccco1)N1CCc2nc3n(c(=O)c2C1)CC[C@]31CCN(CC2CC2)C1. The molecule has 0 aromatic carbocycles. The number of aromatic nitrogens is 2. The van der Waals surface area contributed by atoms with Crippen molar-refractivity contribution in [1.29, 1.82) is 0 Å². The van der Waals surface area contributed by atoms with E-state index in [1.165, 1.54) is 25.6 Å². The van der Waals surface area contributed by atoms with Crippen molar-refractivity contribution in [2.24, 2.45) is 5.92 Å². The summed E-state index contributed by atoms with van der Waals surface area (Å²) in [4.78, 5) is 35.3. The van der Waals surface area contributed by atoms with Crippen LogP contribution in [0, 0.1) is 5.92 Å². The molecule has 152 valence electrons. The van der Waals surface area contributed by atoms with Crippen molar-refractivity contribution in [3.63, 3.8) is 0 Å². The first-order valence-electron chi connectivity index (χ1n) is 10.8. The number of hydrogen-bond acceptors (Lipinski definition) is 5. The number of amides is 1. The molecule has 0 unspecified atom stereocenters. The Labute approximate surface area is 169 Å². The summed E-state index contributed by atoms with van der Waals surface area (Å²) in [5, 5.41) is 0. The minimum absolute atomic E-state index is 0.0458. The van der Waals surface area contributed by atoms with Gasteiger partial charge in [-0.1, -0.05) is 0 Å². The standard InChI is InChI=1S/C22H26N4O3/c27-19-16-13-25(20(28)18-2-1-11-29-18)8-5-17(16)23-21-22(7-10-26(19)21)6-9-24(14-22)12-15-3-4-15/h1-2,11,15H,3-10,12-14H2/t22-/m0/s1. The van der Waals surface area contributed by atoms with Gasteiger partial charge in [-0.2, -0.15) is 0 Å². The molecule has 7 heteroatoms. The maximum absolute atomic E-state index is 13.3. The number of likely N-dealkylation sites (tertiary alicyclic amines) is 1. The normalized spacial score (nSPS) is 26.1. The fourth-order valence-corrected chi connectivity index (χ4v) is 5.46. The quantitative estimate of drug-likeness (QED) is 0.794. The van der Waals surface area contributed by atoms with E-state index in [4.69, 9.17) is 9.40 Å². The molecule has 1 saturated heterocycles. The summed E-state index contributed by atoms with van der Waals surface area (Å²) in [6.45, 7) is 5.01. The highest BCUT2D eigenvalue weighted by Crippen LogP contribution is 2.42. The number of hydrogen-bond donors (Lipinski definition) is 0. The van der Waals surface area contributed by atoms with Gasteiger partial charge in [-0.05, 0) is 50.3 Å². The molecule has 6 rings (SSSR count). The molecular weight excluding hydrogens is 368 g/mol. The molecule has 0 radical (unpaired) electrons. The topological polar surface area (TPSA) is 71.6 Å². The van der Waals surface area contributed by atoms with Crippen molar-refractivity contribution in [2.45, 2.75) is 50.6 Å². The first kappa shape index (κ1) is 17.4. The average Bonchev–Trinajstić information content (AvgIpc) is 3.11. The van der Waals surface area contributed by atoms with Crippen LogP contribution in [0.15, 0.2) is 27.6 Å². The predicted octanol–water partition coefficient (Wildman–Crippen LogP) is 1.79. The van der Waals surface area contributed by atoms with Crippen LogP contribution in [0.5, 0.6) is 0 Å². The van der Waals surface area contributed by atoms with Crippen LogP contribution in [-0.2, 0) is 24.9 Å². The second-order valence-electron chi connectivity index (χ2n) is 9.23. The summed E-state index contributed by atoms with van der Waals surface area (Å²) in [6.07, 6.45) is 6.99. The van der Waals surface area contributed by atoms with E-state index in [1.54, 1.807) is 17.0 Å². The van der Waals surface area contributed by atoms with Crippen LogP contribution in [0.3, 0.4) is 0 Å². The van der Waals surface area contributed by atoms with Crippen molar-refractivity contribution < 1.29 is 9.21 Å². The molecule has 2 fully saturated rings. The van der Waals surface area contributed by atoms with Crippen LogP contribution in [0.4, 0.5) is 0 Å². The van der Waals surface area contributed by atoms with Crippen molar-refractivity contribution in [1.82, 2.24) is 19.4 Å². The third-order valence-corrected chi connectivity index (χ3v) is 7.27. The largest absolute Gasteiger partial charge is 0.459 e. The minimum atomic E-state index is -0.159. The molecule has 1 amide bonds. The molecule has 4 aliphatic rings. The Kier molecular flexibility index (Phi) is 3.79. The Morgan fingerprint density at radius 3 is 2.90 bits per heavy atom. The number of rotatable bonds is 3. The third kappa shape index (κ3) is 2.78. The van der Waals surface area contributed by atoms with Crippen LogP contribution >= 0.6 is 0 Å². The Hall–Kier alpha value is -2.41. The molecule has 1 aliphatic carbocycles. The van der Waals surface area contributed by atoms with Crippen LogP contribution in [0.25, 0.3) is 0 Å². The molecule has 0 N–H and O–H groups in total. The average molecular weight is 394 g/mol. The summed E-state index contributed by atoms with van der Waals surface area (Å²) in [7, 11) is 0. The van der Waals surface area contributed by atoms with Gasteiger partial charge in [0.25, 0.3) is 11.5 Å². The molecule has 1 spiro atoms. The fourth-order valence-electron chi connectivity index (χ4n) is 5.46. The van der Waals surface area contributed by atoms with E-state index in [9.17, 15) is 9.59 Å². The van der Waals surface area contributed by atoms with Crippen LogP contribution in [0.2, 0.25) is 0 Å². The summed E-state index contributed by atoms with van der Waals surface area (Å²) in [6, 6.07) is 3.38. The summed E-state index contributed by atoms with van der Waals surface area (Å²) in [5.74, 6) is 2.06. The minimum Gasteiger partial charge on any atom is -0.459 e. The molecule has 2 aromatic heterocycles. The smallest absolute Gasteiger partial charge is 0.289 e. The number of carbonyl (C=O) groups is 1. The van der Waals surface area contributed by atoms with Gasteiger partial charge in [0.1, 0.15) is 5.82 Å². The van der Waals surface area contributed by atoms with Gasteiger partial charge >= 0.3 is 0 Å². The molecule has 0 bridgehead atoms. The van der Waals surface area contributed by atoms with Gasteiger partial charge in [0, 0.05) is 38.0 Å². The van der Waals surface area contributed by atoms with Crippen molar-refractivity contribution in [3.05, 3.63) is 51.6 Å². The lowest BCUT2D eigenvalue weighted by Crippen LogP contribution is -2.42. The number of nitrogens with zero attached hydrogens (tertiary/aromatic N) is 4. The highest BCUT2D eigenvalue weighted by Gasteiger charge is 2.47. The van der Waals surface area contributed by atoms with E-state index in [0.29, 0.717) is 30.8 Å². The zero-order valence-electron chi connectivity index (χ0n) is 16.6. The Bertz CT molecular complexity index is 1020. The van der Waals surface area contributed by atoms with Gasteiger partial charge in [-0.3, -0.25) is 14.2 Å². The van der Waals surface area contributed by atoms with Crippen LogP contribution in [-0.4, -0.2) is 51.4 Å². The van der Waals surface area contributed by atoms with Crippen molar-refractivity contribution >= 4 is 5.91 Å². The lowest BCUT2D eigenvalue weighted by atomic mass is 9.85. The number of carbonyl (C=O) groups excluding carboxylic acids is 1. The molecule has 1 atom stereocenters. The van der Waals surface area contributed by atoms with E-state index < -0.39 is 0 Å². The molecule has 3 aliphatic heterocycles. The van der Waals surface area contributed by atoms with Crippen molar-refractivity contribution in [2.75, 3.05) is 26.2 Å². The Balaban J connectivity index is 1.29. The van der Waals surface area contributed by atoms with Gasteiger partial charge in [-0.15, -0.1) is 0 Å². The zero-order valence-corrected chi connectivity index (χ0v) is 16.6. The van der Waals surface area contributed by atoms with Crippen LogP contribution in [0.1, 0.15) is 53.3 Å². The predicted molar refractivity (Wildman–Crippen MR) is 106 cm³/mol. The first-order chi connectivity index (χ1) is 14.1. The lowest BCUT2D eigenvalue weighted by molar-refractivity contribution is 0.0699.